The third kappa shape index (κ3) is 5.79. The van der Waals surface area contributed by atoms with Crippen LogP contribution in [-0.2, 0) is 31.9 Å². The largest absolute Gasteiger partial charge is 0.466 e. The molecule has 1 N–H and O–H groups in total. The summed E-state index contributed by atoms with van der Waals surface area (Å²) in [5.74, 6) is -0.240. The van der Waals surface area contributed by atoms with Crippen LogP contribution in [0.5, 0.6) is 0 Å². The Morgan fingerprint density at radius 1 is 1.11 bits per heavy atom. The molecule has 1 heterocycles. The second-order valence-electron chi connectivity index (χ2n) is 6.65. The van der Waals surface area contributed by atoms with Gasteiger partial charge in [-0.05, 0) is 51.0 Å². The summed E-state index contributed by atoms with van der Waals surface area (Å²) in [6.07, 6.45) is 4.80. The number of hydrogen-bond donors (Lipinski definition) is 1. The minimum absolute atomic E-state index is 0.199. The quantitative estimate of drug-likeness (QED) is 0.636. The molecule has 1 aliphatic carbocycles. The maximum Gasteiger partial charge on any atom is 0.341 e. The fraction of sp³-hybridized carbons (Fsp3) is 0.650. The predicted octanol–water partition coefficient (Wildman–Crippen LogP) is 4.11. The molecule has 0 aromatic carbocycles. The minimum atomic E-state index is -0.369. The highest BCUT2D eigenvalue weighted by Crippen LogP contribution is 2.40. The van der Waals surface area contributed by atoms with Crippen LogP contribution >= 0.6 is 11.3 Å². The van der Waals surface area contributed by atoms with Crippen molar-refractivity contribution in [3.05, 3.63) is 16.0 Å². The van der Waals surface area contributed by atoms with Gasteiger partial charge in [0.1, 0.15) is 5.00 Å². The second-order valence-corrected chi connectivity index (χ2v) is 7.76. The predicted molar refractivity (Wildman–Crippen MR) is 105 cm³/mol. The molecule has 0 saturated heterocycles. The number of rotatable bonds is 9. The van der Waals surface area contributed by atoms with E-state index in [-0.39, 0.29) is 30.7 Å². The van der Waals surface area contributed by atoms with Crippen molar-refractivity contribution in [2.24, 2.45) is 5.92 Å². The van der Waals surface area contributed by atoms with Crippen LogP contribution < -0.4 is 5.32 Å². The highest BCUT2D eigenvalue weighted by Gasteiger charge is 2.29. The fourth-order valence-electron chi connectivity index (χ4n) is 3.33. The van der Waals surface area contributed by atoms with Gasteiger partial charge in [0.2, 0.25) is 5.91 Å². The van der Waals surface area contributed by atoms with Crippen LogP contribution in [0.25, 0.3) is 0 Å². The van der Waals surface area contributed by atoms with Gasteiger partial charge >= 0.3 is 11.9 Å². The highest BCUT2D eigenvalue weighted by atomic mass is 32.1. The molecule has 1 aliphatic rings. The maximum absolute atomic E-state index is 12.5. The van der Waals surface area contributed by atoms with Crippen LogP contribution in [-0.4, -0.2) is 31.1 Å². The third-order valence-corrected chi connectivity index (χ3v) is 5.94. The topological polar surface area (TPSA) is 81.7 Å². The summed E-state index contributed by atoms with van der Waals surface area (Å²) in [4.78, 5) is 37.3. The smallest absolute Gasteiger partial charge is 0.341 e. The Morgan fingerprint density at radius 3 is 2.52 bits per heavy atom. The Bertz CT molecular complexity index is 682. The second kappa shape index (κ2) is 10.4. The van der Waals surface area contributed by atoms with E-state index in [9.17, 15) is 14.4 Å². The standard InChI is InChI=1S/C20H29NO5S/c1-4-13-10-11-14-15(12-13)27-19(18(14)20(24)26-6-3)21-16(22)8-7-9-17(23)25-5-2/h13H,4-12H2,1-3H3,(H,21,22)/t13-/m1/s1. The van der Waals surface area contributed by atoms with Gasteiger partial charge in [-0.25, -0.2) is 4.79 Å². The number of thiophene rings is 1. The number of hydrogen-bond acceptors (Lipinski definition) is 6. The highest BCUT2D eigenvalue weighted by molar-refractivity contribution is 7.17. The van der Waals surface area contributed by atoms with Gasteiger partial charge in [0, 0.05) is 17.7 Å². The molecule has 150 valence electrons. The Labute approximate surface area is 164 Å². The van der Waals surface area contributed by atoms with Gasteiger partial charge in [-0.1, -0.05) is 13.3 Å². The van der Waals surface area contributed by atoms with Crippen molar-refractivity contribution in [2.75, 3.05) is 18.5 Å². The van der Waals surface area contributed by atoms with Gasteiger partial charge in [-0.3, -0.25) is 9.59 Å². The molecule has 27 heavy (non-hydrogen) atoms. The number of ether oxygens (including phenoxy) is 2. The van der Waals surface area contributed by atoms with Crippen LogP contribution in [0.4, 0.5) is 5.00 Å². The zero-order chi connectivity index (χ0) is 19.8. The summed E-state index contributed by atoms with van der Waals surface area (Å²) in [6, 6.07) is 0. The third-order valence-electron chi connectivity index (χ3n) is 4.77. The van der Waals surface area contributed by atoms with E-state index >= 15 is 0 Å². The van der Waals surface area contributed by atoms with Crippen LogP contribution in [0.1, 0.15) is 73.7 Å². The molecule has 0 saturated carbocycles. The number of nitrogens with one attached hydrogen (secondary N) is 1. The average Bonchev–Trinajstić information content (AvgIpc) is 2.98. The van der Waals surface area contributed by atoms with E-state index in [0.717, 1.165) is 31.2 Å². The first-order chi connectivity index (χ1) is 13.0. The number of anilines is 1. The molecule has 0 fully saturated rings. The lowest BCUT2D eigenvalue weighted by Crippen LogP contribution is -2.17. The van der Waals surface area contributed by atoms with Crippen molar-refractivity contribution in [1.29, 1.82) is 0 Å². The summed E-state index contributed by atoms with van der Waals surface area (Å²) in [5.41, 5.74) is 1.55. The van der Waals surface area contributed by atoms with Gasteiger partial charge in [-0.2, -0.15) is 0 Å². The fourth-order valence-corrected chi connectivity index (χ4v) is 4.69. The average molecular weight is 396 g/mol. The summed E-state index contributed by atoms with van der Waals surface area (Å²) < 4.78 is 10.1. The molecule has 1 aromatic rings. The molecule has 1 amide bonds. The van der Waals surface area contributed by atoms with E-state index in [4.69, 9.17) is 9.47 Å². The van der Waals surface area contributed by atoms with Crippen molar-refractivity contribution in [1.82, 2.24) is 0 Å². The lowest BCUT2D eigenvalue weighted by Gasteiger charge is -2.20. The van der Waals surface area contributed by atoms with E-state index in [1.54, 1.807) is 13.8 Å². The van der Waals surface area contributed by atoms with Crippen molar-refractivity contribution < 1.29 is 23.9 Å². The molecule has 0 unspecified atom stereocenters. The number of amides is 1. The zero-order valence-electron chi connectivity index (χ0n) is 16.4. The van der Waals surface area contributed by atoms with Crippen LogP contribution in [0.3, 0.4) is 0 Å². The monoisotopic (exact) mass is 395 g/mol. The van der Waals surface area contributed by atoms with Gasteiger partial charge in [0.05, 0.1) is 18.8 Å². The molecule has 1 aromatic heterocycles. The maximum atomic E-state index is 12.5. The van der Waals surface area contributed by atoms with Crippen LogP contribution in [0, 0.1) is 5.92 Å². The SMILES string of the molecule is CCOC(=O)CCCC(=O)Nc1sc2c(c1C(=O)OCC)CC[C@@H](CC)C2. The Balaban J connectivity index is 2.08. The first kappa shape index (κ1) is 21.4. The van der Waals surface area contributed by atoms with E-state index in [0.29, 0.717) is 36.1 Å². The van der Waals surface area contributed by atoms with Gasteiger partial charge in [-0.15, -0.1) is 11.3 Å². The summed E-state index contributed by atoms with van der Waals surface area (Å²) in [6.45, 7) is 6.35. The van der Waals surface area contributed by atoms with E-state index in [2.05, 4.69) is 12.2 Å². The Kier molecular flexibility index (Phi) is 8.28. The first-order valence-electron chi connectivity index (χ1n) is 9.77. The summed E-state index contributed by atoms with van der Waals surface area (Å²) >= 11 is 1.49. The molecule has 7 heteroatoms. The number of carbonyl (C=O) groups is 3. The molecule has 0 spiro atoms. The van der Waals surface area contributed by atoms with Crippen molar-refractivity contribution in [3.63, 3.8) is 0 Å². The molecule has 0 radical (unpaired) electrons. The Morgan fingerprint density at radius 2 is 1.85 bits per heavy atom. The summed E-state index contributed by atoms with van der Waals surface area (Å²) in [7, 11) is 0. The lowest BCUT2D eigenvalue weighted by atomic mass is 9.85. The molecule has 6 nitrogen and oxygen atoms in total. The van der Waals surface area contributed by atoms with E-state index in [1.165, 1.54) is 16.2 Å². The van der Waals surface area contributed by atoms with E-state index < -0.39 is 0 Å². The van der Waals surface area contributed by atoms with Crippen molar-refractivity contribution in [2.45, 2.75) is 65.7 Å². The van der Waals surface area contributed by atoms with Gasteiger partial charge in [0.15, 0.2) is 0 Å². The molecular formula is C20H29NO5S. The molecule has 0 bridgehead atoms. The van der Waals surface area contributed by atoms with Crippen LogP contribution in [0.2, 0.25) is 0 Å². The minimum Gasteiger partial charge on any atom is -0.466 e. The lowest BCUT2D eigenvalue weighted by molar-refractivity contribution is -0.143. The van der Waals surface area contributed by atoms with Crippen LogP contribution in [0.15, 0.2) is 0 Å². The number of carbonyl (C=O) groups excluding carboxylic acids is 3. The Hall–Kier alpha value is -1.89. The first-order valence-corrected chi connectivity index (χ1v) is 10.6. The van der Waals surface area contributed by atoms with Gasteiger partial charge in [0.25, 0.3) is 0 Å². The van der Waals surface area contributed by atoms with Crippen molar-refractivity contribution in [3.8, 4) is 0 Å². The molecule has 0 aliphatic heterocycles. The number of fused-ring (bicyclic) bond motifs is 1. The number of esters is 2. The van der Waals surface area contributed by atoms with Gasteiger partial charge < -0.3 is 14.8 Å². The normalized spacial score (nSPS) is 15.7. The van der Waals surface area contributed by atoms with E-state index in [1.807, 2.05) is 0 Å². The zero-order valence-corrected chi connectivity index (χ0v) is 17.2. The van der Waals surface area contributed by atoms with Crippen molar-refractivity contribution >= 4 is 34.2 Å². The molecular weight excluding hydrogens is 366 g/mol. The molecule has 2 rings (SSSR count). The molecule has 1 atom stereocenters. The summed E-state index contributed by atoms with van der Waals surface area (Å²) in [5, 5.41) is 3.45.